The van der Waals surface area contributed by atoms with E-state index in [-0.39, 0.29) is 0 Å². The molecule has 0 saturated carbocycles. The number of nitrogens with zero attached hydrogens (tertiary/aromatic N) is 2. The number of thiol groups is 1. The van der Waals surface area contributed by atoms with Crippen LogP contribution in [-0.2, 0) is 12.8 Å². The first-order valence-corrected chi connectivity index (χ1v) is 11.3. The van der Waals surface area contributed by atoms with Gasteiger partial charge in [-0.2, -0.15) is 0 Å². The van der Waals surface area contributed by atoms with Gasteiger partial charge in [0.2, 0.25) is 0 Å². The van der Waals surface area contributed by atoms with E-state index in [2.05, 4.69) is 42.0 Å². The number of aromatic nitrogens is 2. The second-order valence-corrected chi connectivity index (χ2v) is 8.08. The molecule has 2 rings (SSSR count). The molecule has 0 aliphatic rings. The lowest BCUT2D eigenvalue weighted by Gasteiger charge is -2.08. The van der Waals surface area contributed by atoms with Gasteiger partial charge in [0, 0.05) is 22.9 Å². The highest BCUT2D eigenvalue weighted by Crippen LogP contribution is 2.25. The van der Waals surface area contributed by atoms with Crippen molar-refractivity contribution in [1.82, 2.24) is 9.97 Å². The lowest BCUT2D eigenvalue weighted by atomic mass is 10.0. The van der Waals surface area contributed by atoms with E-state index in [9.17, 15) is 0 Å². The summed E-state index contributed by atoms with van der Waals surface area (Å²) >= 11 is 4.69. The molecule has 1 heterocycles. The zero-order chi connectivity index (χ0) is 19.3. The Morgan fingerprint density at radius 2 is 1.30 bits per heavy atom. The molecule has 0 atom stereocenters. The third-order valence-corrected chi connectivity index (χ3v) is 5.52. The van der Waals surface area contributed by atoms with Crippen LogP contribution in [0.3, 0.4) is 0 Å². The first-order chi connectivity index (χ1) is 13.2. The van der Waals surface area contributed by atoms with Crippen molar-refractivity contribution in [2.75, 3.05) is 0 Å². The fourth-order valence-corrected chi connectivity index (χ4v) is 3.73. The highest BCUT2D eigenvalue weighted by atomic mass is 32.1. The lowest BCUT2D eigenvalue weighted by Crippen LogP contribution is -1.95. The molecule has 0 saturated heterocycles. The standard InChI is InChI=1S/C24H36N2S/c1-3-5-7-8-9-10-11-12-14-20-15-16-22(23(27)17-20)24-25-18-21(19-26-24)13-6-4-2/h15-19,27H,3-14H2,1-2H3. The van der Waals surface area contributed by atoms with Crippen LogP contribution in [0.25, 0.3) is 11.4 Å². The summed E-state index contributed by atoms with van der Waals surface area (Å²) in [6.45, 7) is 4.48. The summed E-state index contributed by atoms with van der Waals surface area (Å²) in [7, 11) is 0. The largest absolute Gasteiger partial charge is 0.236 e. The van der Waals surface area contributed by atoms with Gasteiger partial charge in [-0.05, 0) is 48.9 Å². The number of rotatable bonds is 13. The highest BCUT2D eigenvalue weighted by Gasteiger charge is 2.07. The highest BCUT2D eigenvalue weighted by molar-refractivity contribution is 7.80. The average Bonchev–Trinajstić information content (AvgIpc) is 2.69. The smallest absolute Gasteiger partial charge is 0.160 e. The molecule has 2 aromatic rings. The van der Waals surface area contributed by atoms with Gasteiger partial charge >= 0.3 is 0 Å². The summed E-state index contributed by atoms with van der Waals surface area (Å²) in [4.78, 5) is 10.1. The van der Waals surface area contributed by atoms with Gasteiger partial charge in [0.1, 0.15) is 0 Å². The summed E-state index contributed by atoms with van der Waals surface area (Å²) in [6.07, 6.45) is 19.4. The molecule has 0 bridgehead atoms. The monoisotopic (exact) mass is 384 g/mol. The second-order valence-electron chi connectivity index (χ2n) is 7.59. The molecule has 0 radical (unpaired) electrons. The van der Waals surface area contributed by atoms with Crippen molar-refractivity contribution in [1.29, 1.82) is 0 Å². The number of benzene rings is 1. The summed E-state index contributed by atoms with van der Waals surface area (Å²) < 4.78 is 0. The number of hydrogen-bond donors (Lipinski definition) is 1. The van der Waals surface area contributed by atoms with Crippen LogP contribution in [0.4, 0.5) is 0 Å². The quantitative estimate of drug-likeness (QED) is 0.286. The zero-order valence-corrected chi connectivity index (χ0v) is 18.1. The number of hydrogen-bond acceptors (Lipinski definition) is 3. The van der Waals surface area contributed by atoms with Crippen LogP contribution in [0.5, 0.6) is 0 Å². The minimum Gasteiger partial charge on any atom is -0.236 e. The van der Waals surface area contributed by atoms with Crippen molar-refractivity contribution < 1.29 is 0 Å². The van der Waals surface area contributed by atoms with Gasteiger partial charge in [-0.3, -0.25) is 0 Å². The SMILES string of the molecule is CCCCCCCCCCc1ccc(-c2ncc(CCCC)cn2)c(S)c1. The number of unbranched alkanes of at least 4 members (excludes halogenated alkanes) is 8. The van der Waals surface area contributed by atoms with E-state index < -0.39 is 0 Å². The molecule has 0 spiro atoms. The predicted molar refractivity (Wildman–Crippen MR) is 120 cm³/mol. The first-order valence-electron chi connectivity index (χ1n) is 10.9. The van der Waals surface area contributed by atoms with E-state index in [0.717, 1.165) is 29.1 Å². The summed E-state index contributed by atoms with van der Waals surface area (Å²) in [5.74, 6) is 0.777. The van der Waals surface area contributed by atoms with Crippen LogP contribution in [0.2, 0.25) is 0 Å². The predicted octanol–water partition coefficient (Wildman–Crippen LogP) is 7.46. The Kier molecular flexibility index (Phi) is 10.5. The molecule has 0 fully saturated rings. The maximum absolute atomic E-state index is 4.69. The van der Waals surface area contributed by atoms with E-state index in [1.807, 2.05) is 12.4 Å². The Hall–Kier alpha value is -1.35. The van der Waals surface area contributed by atoms with E-state index in [0.29, 0.717) is 0 Å². The lowest BCUT2D eigenvalue weighted by molar-refractivity contribution is 0.575. The Labute approximate surface area is 171 Å². The maximum atomic E-state index is 4.69. The van der Waals surface area contributed by atoms with Crippen molar-refractivity contribution in [3.05, 3.63) is 41.7 Å². The van der Waals surface area contributed by atoms with E-state index in [1.165, 1.54) is 75.3 Å². The third-order valence-electron chi connectivity index (χ3n) is 5.15. The maximum Gasteiger partial charge on any atom is 0.160 e. The first kappa shape index (κ1) is 21.9. The van der Waals surface area contributed by atoms with Crippen LogP contribution < -0.4 is 0 Å². The molecule has 1 aromatic carbocycles. The van der Waals surface area contributed by atoms with Gasteiger partial charge in [-0.1, -0.05) is 71.3 Å². The molecule has 1 aromatic heterocycles. The van der Waals surface area contributed by atoms with Crippen LogP contribution >= 0.6 is 12.6 Å². The van der Waals surface area contributed by atoms with Crippen molar-refractivity contribution in [2.24, 2.45) is 0 Å². The van der Waals surface area contributed by atoms with Gasteiger partial charge in [0.15, 0.2) is 5.82 Å². The Morgan fingerprint density at radius 3 is 1.93 bits per heavy atom. The molecule has 0 unspecified atom stereocenters. The topological polar surface area (TPSA) is 25.8 Å². The van der Waals surface area contributed by atoms with Crippen molar-refractivity contribution in [3.8, 4) is 11.4 Å². The average molecular weight is 385 g/mol. The van der Waals surface area contributed by atoms with Gasteiger partial charge in [-0.15, -0.1) is 12.6 Å². The molecule has 0 aliphatic heterocycles. The summed E-state index contributed by atoms with van der Waals surface area (Å²) in [5, 5.41) is 0. The number of aryl methyl sites for hydroxylation is 2. The molecule has 0 amide bonds. The van der Waals surface area contributed by atoms with Crippen LogP contribution in [0, 0.1) is 0 Å². The Bertz CT molecular complexity index is 652. The van der Waals surface area contributed by atoms with Crippen molar-refractivity contribution in [2.45, 2.75) is 95.8 Å². The minimum atomic E-state index is 0.777. The molecule has 3 heteroatoms. The Balaban J connectivity index is 1.79. The molecule has 2 nitrogen and oxygen atoms in total. The molecular weight excluding hydrogens is 348 g/mol. The summed E-state index contributed by atoms with van der Waals surface area (Å²) in [5.41, 5.74) is 3.61. The van der Waals surface area contributed by atoms with Crippen molar-refractivity contribution in [3.63, 3.8) is 0 Å². The van der Waals surface area contributed by atoms with Gasteiger partial charge < -0.3 is 0 Å². The van der Waals surface area contributed by atoms with Gasteiger partial charge in [0.05, 0.1) is 0 Å². The second kappa shape index (κ2) is 12.9. The fraction of sp³-hybridized carbons (Fsp3) is 0.583. The van der Waals surface area contributed by atoms with E-state index in [1.54, 1.807) is 0 Å². The fourth-order valence-electron chi connectivity index (χ4n) is 3.39. The van der Waals surface area contributed by atoms with Crippen LogP contribution in [0.1, 0.15) is 89.2 Å². The van der Waals surface area contributed by atoms with Gasteiger partial charge in [0.25, 0.3) is 0 Å². The molecule has 27 heavy (non-hydrogen) atoms. The normalized spacial score (nSPS) is 11.1. The van der Waals surface area contributed by atoms with Crippen LogP contribution in [-0.4, -0.2) is 9.97 Å². The molecule has 148 valence electrons. The zero-order valence-electron chi connectivity index (χ0n) is 17.2. The summed E-state index contributed by atoms with van der Waals surface area (Å²) in [6, 6.07) is 6.53. The van der Waals surface area contributed by atoms with Crippen molar-refractivity contribution >= 4 is 12.6 Å². The molecule has 0 aliphatic carbocycles. The van der Waals surface area contributed by atoms with E-state index in [4.69, 9.17) is 12.6 Å². The minimum absolute atomic E-state index is 0.777. The molecule has 0 N–H and O–H groups in total. The van der Waals surface area contributed by atoms with E-state index >= 15 is 0 Å². The molecular formula is C24H36N2S. The van der Waals surface area contributed by atoms with Crippen LogP contribution in [0.15, 0.2) is 35.5 Å². The Morgan fingerprint density at radius 1 is 0.704 bits per heavy atom. The van der Waals surface area contributed by atoms with Gasteiger partial charge in [-0.25, -0.2) is 9.97 Å². The third kappa shape index (κ3) is 8.04.